The van der Waals surface area contributed by atoms with Crippen LogP contribution in [0, 0.1) is 0 Å². The lowest BCUT2D eigenvalue weighted by Gasteiger charge is -2.08. The third-order valence-electron chi connectivity index (χ3n) is 4.86. The molecule has 158 valence electrons. The fourth-order valence-corrected chi connectivity index (χ4v) is 5.37. The van der Waals surface area contributed by atoms with Crippen LogP contribution in [0.15, 0.2) is 55.1 Å². The van der Waals surface area contributed by atoms with Crippen LogP contribution < -0.4 is 10.0 Å². The second-order valence-electron chi connectivity index (χ2n) is 7.18. The molecule has 4 aromatic heterocycles. The number of hydrogen-bond acceptors (Lipinski definition) is 7. The zero-order chi connectivity index (χ0) is 21.4. The molecule has 1 aliphatic carbocycles. The zero-order valence-electron chi connectivity index (χ0n) is 16.2. The van der Waals surface area contributed by atoms with Gasteiger partial charge in [-0.05, 0) is 37.1 Å². The van der Waals surface area contributed by atoms with Crippen LogP contribution in [0.25, 0.3) is 16.0 Å². The molecule has 0 spiro atoms. The number of fused-ring (bicyclic) bond motifs is 1. The second-order valence-corrected chi connectivity index (χ2v) is 10.2. The van der Waals surface area contributed by atoms with E-state index in [4.69, 9.17) is 0 Å². The Hall–Kier alpha value is -3.31. The van der Waals surface area contributed by atoms with Gasteiger partial charge in [-0.1, -0.05) is 6.07 Å². The van der Waals surface area contributed by atoms with Gasteiger partial charge in [-0.3, -0.25) is 14.5 Å². The summed E-state index contributed by atoms with van der Waals surface area (Å²) in [5.41, 5.74) is 2.83. The molecule has 0 unspecified atom stereocenters. The van der Waals surface area contributed by atoms with Gasteiger partial charge in [0, 0.05) is 24.2 Å². The van der Waals surface area contributed by atoms with Crippen molar-refractivity contribution in [2.45, 2.75) is 24.6 Å². The molecular formula is C20H18N6O3S2. The average molecular weight is 455 g/mol. The molecule has 2 N–H and O–H groups in total. The third kappa shape index (κ3) is 4.14. The highest BCUT2D eigenvalue weighted by Gasteiger charge is 2.35. The summed E-state index contributed by atoms with van der Waals surface area (Å²) in [5.74, 6) is -0.321. The van der Waals surface area contributed by atoms with Gasteiger partial charge in [0.15, 0.2) is 5.01 Å². The first kappa shape index (κ1) is 19.6. The maximum Gasteiger partial charge on any atom is 0.280 e. The number of pyridine rings is 2. The Labute approximate surface area is 182 Å². The standard InChI is InChI=1S/C20H18N6O3S2/c27-19(20-23-12-18(30-20)16-11-24-26-8-2-1-3-17(16)26)22-10-14-9-13(6-7-21-14)25-31(28,29)15-4-5-15/h1-3,6-9,11-12,15H,4-5,10H2,(H,21,25)(H,22,27). The minimum Gasteiger partial charge on any atom is -0.344 e. The number of hydrogen-bond donors (Lipinski definition) is 2. The summed E-state index contributed by atoms with van der Waals surface area (Å²) in [6, 6.07) is 9.00. The minimum atomic E-state index is -3.35. The minimum absolute atomic E-state index is 0.156. The van der Waals surface area contributed by atoms with Crippen LogP contribution in [0.5, 0.6) is 0 Å². The second kappa shape index (κ2) is 7.75. The molecule has 11 heteroatoms. The quantitative estimate of drug-likeness (QED) is 0.443. The molecule has 0 atom stereocenters. The lowest BCUT2D eigenvalue weighted by atomic mass is 10.2. The van der Waals surface area contributed by atoms with Gasteiger partial charge in [0.1, 0.15) is 0 Å². The maximum absolute atomic E-state index is 12.6. The molecule has 1 aliphatic rings. The highest BCUT2D eigenvalue weighted by Crippen LogP contribution is 2.30. The smallest absolute Gasteiger partial charge is 0.280 e. The van der Waals surface area contributed by atoms with E-state index in [-0.39, 0.29) is 17.7 Å². The molecular weight excluding hydrogens is 436 g/mol. The van der Waals surface area contributed by atoms with Gasteiger partial charge in [0.2, 0.25) is 10.0 Å². The number of nitrogens with zero attached hydrogens (tertiary/aromatic N) is 4. The molecule has 4 aromatic rings. The molecule has 0 aromatic carbocycles. The summed E-state index contributed by atoms with van der Waals surface area (Å²) in [7, 11) is -3.35. The third-order valence-corrected chi connectivity index (χ3v) is 7.76. The van der Waals surface area contributed by atoms with E-state index < -0.39 is 10.0 Å². The van der Waals surface area contributed by atoms with Crippen molar-refractivity contribution in [1.29, 1.82) is 0 Å². The number of carbonyl (C=O) groups is 1. The first-order valence-electron chi connectivity index (χ1n) is 9.63. The van der Waals surface area contributed by atoms with Crippen LogP contribution in [0.1, 0.15) is 28.3 Å². The molecule has 9 nitrogen and oxygen atoms in total. The molecule has 1 fully saturated rings. The van der Waals surface area contributed by atoms with Crippen molar-refractivity contribution in [1.82, 2.24) is 24.9 Å². The first-order chi connectivity index (χ1) is 15.0. The van der Waals surface area contributed by atoms with Crippen LogP contribution >= 0.6 is 11.3 Å². The Morgan fingerprint density at radius 3 is 2.90 bits per heavy atom. The monoisotopic (exact) mass is 454 g/mol. The Morgan fingerprint density at radius 2 is 2.06 bits per heavy atom. The zero-order valence-corrected chi connectivity index (χ0v) is 17.9. The topological polar surface area (TPSA) is 118 Å². The highest BCUT2D eigenvalue weighted by atomic mass is 32.2. The van der Waals surface area contributed by atoms with Crippen molar-refractivity contribution in [3.8, 4) is 10.4 Å². The Bertz CT molecular complexity index is 1370. The maximum atomic E-state index is 12.6. The molecule has 5 rings (SSSR count). The summed E-state index contributed by atoms with van der Waals surface area (Å²) in [6.07, 6.45) is 8.17. The molecule has 0 aliphatic heterocycles. The number of amides is 1. The molecule has 1 saturated carbocycles. The van der Waals surface area contributed by atoms with Crippen LogP contribution in [-0.2, 0) is 16.6 Å². The molecule has 0 radical (unpaired) electrons. The van der Waals surface area contributed by atoms with E-state index in [0.29, 0.717) is 29.2 Å². The normalized spacial score (nSPS) is 13.9. The fraction of sp³-hybridized carbons (Fsp3) is 0.200. The van der Waals surface area contributed by atoms with Crippen molar-refractivity contribution >= 4 is 38.5 Å². The Balaban J connectivity index is 1.26. The van der Waals surface area contributed by atoms with Crippen LogP contribution in [0.2, 0.25) is 0 Å². The lowest BCUT2D eigenvalue weighted by molar-refractivity contribution is 0.0950. The van der Waals surface area contributed by atoms with Gasteiger partial charge < -0.3 is 5.32 Å². The SMILES string of the molecule is O=C(NCc1cc(NS(=O)(=O)C2CC2)ccn1)c1ncc(-c2cnn3ccccc23)s1. The number of anilines is 1. The van der Waals surface area contributed by atoms with Crippen molar-refractivity contribution in [2.24, 2.45) is 0 Å². The first-order valence-corrected chi connectivity index (χ1v) is 12.0. The molecule has 31 heavy (non-hydrogen) atoms. The number of nitrogens with one attached hydrogen (secondary N) is 2. The number of aromatic nitrogens is 4. The van der Waals surface area contributed by atoms with Gasteiger partial charge in [-0.25, -0.2) is 17.9 Å². The Kier molecular flexibility index (Phi) is 4.91. The predicted molar refractivity (Wildman–Crippen MR) is 117 cm³/mol. The van der Waals surface area contributed by atoms with Gasteiger partial charge >= 0.3 is 0 Å². The molecule has 1 amide bonds. The Morgan fingerprint density at radius 1 is 1.19 bits per heavy atom. The fourth-order valence-electron chi connectivity index (χ4n) is 3.14. The van der Waals surface area contributed by atoms with E-state index >= 15 is 0 Å². The number of sulfonamides is 1. The van der Waals surface area contributed by atoms with E-state index in [1.165, 1.54) is 17.5 Å². The van der Waals surface area contributed by atoms with Crippen molar-refractivity contribution < 1.29 is 13.2 Å². The van der Waals surface area contributed by atoms with Gasteiger partial charge in [0.25, 0.3) is 5.91 Å². The van der Waals surface area contributed by atoms with Crippen LogP contribution in [-0.4, -0.2) is 39.2 Å². The average Bonchev–Trinajstić information content (AvgIpc) is 3.38. The number of carbonyl (C=O) groups excluding carboxylic acids is 1. The van der Waals surface area contributed by atoms with Crippen molar-refractivity contribution in [3.63, 3.8) is 0 Å². The van der Waals surface area contributed by atoms with E-state index in [2.05, 4.69) is 25.1 Å². The summed E-state index contributed by atoms with van der Waals surface area (Å²) in [4.78, 5) is 21.8. The summed E-state index contributed by atoms with van der Waals surface area (Å²) in [5, 5.41) is 7.12. The van der Waals surface area contributed by atoms with Crippen molar-refractivity contribution in [2.75, 3.05) is 4.72 Å². The predicted octanol–water partition coefficient (Wildman–Crippen LogP) is 2.69. The number of rotatable bonds is 7. The van der Waals surface area contributed by atoms with Gasteiger partial charge in [-0.15, -0.1) is 11.3 Å². The summed E-state index contributed by atoms with van der Waals surface area (Å²) >= 11 is 1.28. The van der Waals surface area contributed by atoms with Crippen LogP contribution in [0.3, 0.4) is 0 Å². The molecule has 4 heterocycles. The molecule has 0 bridgehead atoms. The van der Waals surface area contributed by atoms with Crippen LogP contribution in [0.4, 0.5) is 5.69 Å². The summed E-state index contributed by atoms with van der Waals surface area (Å²) < 4.78 is 28.5. The lowest BCUT2D eigenvalue weighted by Crippen LogP contribution is -2.23. The van der Waals surface area contributed by atoms with Crippen molar-refractivity contribution in [3.05, 3.63) is 65.8 Å². The van der Waals surface area contributed by atoms with E-state index in [0.717, 1.165) is 16.0 Å². The highest BCUT2D eigenvalue weighted by molar-refractivity contribution is 7.93. The largest absolute Gasteiger partial charge is 0.344 e. The van der Waals surface area contributed by atoms with Gasteiger partial charge in [0.05, 0.1) is 39.8 Å². The van der Waals surface area contributed by atoms with E-state index in [1.807, 2.05) is 24.4 Å². The molecule has 0 saturated heterocycles. The van der Waals surface area contributed by atoms with Gasteiger partial charge in [-0.2, -0.15) is 5.10 Å². The summed E-state index contributed by atoms with van der Waals surface area (Å²) in [6.45, 7) is 0.156. The van der Waals surface area contributed by atoms with E-state index in [1.54, 1.807) is 29.0 Å². The number of thiazole rings is 1. The van der Waals surface area contributed by atoms with E-state index in [9.17, 15) is 13.2 Å².